The molecule has 0 saturated carbocycles. The number of nitrogens with one attached hydrogen (secondary N) is 10. The van der Waals surface area contributed by atoms with Gasteiger partial charge in [-0.2, -0.15) is 30.8 Å². The number of esters is 5. The summed E-state index contributed by atoms with van der Waals surface area (Å²) in [6, 6.07) is 30.4. The van der Waals surface area contributed by atoms with Crippen LogP contribution in [0, 0.1) is 45.8 Å². The van der Waals surface area contributed by atoms with Crippen LogP contribution in [0.3, 0.4) is 0 Å². The number of hydrogen-bond acceptors (Lipinski definition) is 23. The lowest BCUT2D eigenvalue weighted by Crippen LogP contribution is -2.25. The van der Waals surface area contributed by atoms with E-state index >= 15 is 0 Å². The molecule has 0 bridgehead atoms. The van der Waals surface area contributed by atoms with Gasteiger partial charge in [0, 0.05) is 91.2 Å². The molecule has 15 rings (SSSR count). The highest BCUT2D eigenvalue weighted by Crippen LogP contribution is 2.51. The maximum Gasteiger partial charge on any atom is 0.336 e. The Labute approximate surface area is 736 Å². The molecule has 0 radical (unpaired) electrons. The number of nitrogens with zero attached hydrogens (tertiary/aromatic N) is 7. The summed E-state index contributed by atoms with van der Waals surface area (Å²) in [7, 11) is 0. The minimum Gasteiger partial charge on any atom is -0.463 e. The minimum atomic E-state index is -0.973. The molecule has 5 unspecified atom stereocenters. The summed E-state index contributed by atoms with van der Waals surface area (Å²) in [5.74, 6) is -3.43. The molecule has 5 aromatic heterocycles. The number of carbonyl (C=O) groups is 5. The van der Waals surface area contributed by atoms with Crippen molar-refractivity contribution in [1.29, 1.82) is 5.26 Å². The van der Waals surface area contributed by atoms with Gasteiger partial charge in [0.25, 0.3) is 5.69 Å². The number of anilines is 5. The van der Waals surface area contributed by atoms with Crippen LogP contribution in [0.1, 0.15) is 230 Å². The molecular weight excluding hydrogens is 1660 g/mol. The van der Waals surface area contributed by atoms with Crippen LogP contribution >= 0.6 is 23.2 Å². The van der Waals surface area contributed by atoms with Gasteiger partial charge in [-0.1, -0.05) is 163 Å². The molecule has 126 heavy (non-hydrogen) atoms. The van der Waals surface area contributed by atoms with Gasteiger partial charge < -0.3 is 50.3 Å². The molecule has 29 nitrogen and oxygen atoms in total. The summed E-state index contributed by atoms with van der Waals surface area (Å²) >= 11 is 12.7. The number of nitro benzene ring substituents is 1. The average molecular weight is 1760 g/mol. The van der Waals surface area contributed by atoms with Crippen molar-refractivity contribution in [1.82, 2.24) is 51.0 Å². The fraction of sp³-hybridized carbons (Fsp3) is 0.337. The second kappa shape index (κ2) is 43.7. The van der Waals surface area contributed by atoms with Crippen LogP contribution < -0.4 is 26.6 Å². The Morgan fingerprint density at radius 2 is 0.675 bits per heavy atom. The first-order valence-electron chi connectivity index (χ1n) is 41.9. The third kappa shape index (κ3) is 20.1. The standard InChI is InChI=1S/C19H22FN3O2.C19H20N4O2.C18H19Cl2N3O2.C18H19F2N3O2.C18H20N4O4/c1-4-7-15-17(19(24)25-5-2)16(13-10-21-23-18(13)22-15)12-8-6-9-14(20)11(12)3;1-3-7-15-17(19(24)25-4-2)16(14-11-21-23-18(14)22-15)13-9-6-5-8-12(13)10-20;2*1-3-6-13-15(18(24)25-4-2)14(11-9-21-23-17(11)22-13)10-7-5-8-12(19)16(10)20;1-3-7-13-16(18(23)26-4-2)15(12-10-19-21-17(12)20-13)11-8-5-6-9-14(11)22(24)25/h6,8-10,16H,4-5,7H2,1-3H3,(H2,21,22,23);5-6,8-9,11,16H,3-4,7H2,1-2H3,(H2,21,22,23);2*5,7-9,14H,3-4,6H2,1-2H3,(H2,21,22,23);5-6,8-10,15H,3-4,7H2,1-2H3,(H2,19,20,21). The molecule has 10 N–H and O–H groups in total. The summed E-state index contributed by atoms with van der Waals surface area (Å²) in [4.78, 5) is 74.8. The number of aromatic nitrogens is 10. The summed E-state index contributed by atoms with van der Waals surface area (Å²) < 4.78 is 68.9. The highest BCUT2D eigenvalue weighted by atomic mass is 35.5. The number of ether oxygens (including phenoxy) is 5. The largest absolute Gasteiger partial charge is 0.463 e. The second-order valence-electron chi connectivity index (χ2n) is 29.4. The van der Waals surface area contributed by atoms with Crippen LogP contribution in [-0.4, -0.2) is 119 Å². The van der Waals surface area contributed by atoms with Crippen LogP contribution in [0.25, 0.3) is 0 Å². The topological polar surface area (TPSA) is 402 Å². The van der Waals surface area contributed by atoms with Crippen LogP contribution in [0.2, 0.25) is 10.0 Å². The molecule has 5 aliphatic heterocycles. The Hall–Kier alpha value is -13.5. The minimum absolute atomic E-state index is 0.0378. The molecule has 0 amide bonds. The summed E-state index contributed by atoms with van der Waals surface area (Å²) in [5.41, 5.74) is 13.7. The summed E-state index contributed by atoms with van der Waals surface area (Å²) in [6.45, 7) is 22.0. The lowest BCUT2D eigenvalue weighted by Gasteiger charge is -2.29. The molecule has 34 heteroatoms. The fourth-order valence-corrected chi connectivity index (χ4v) is 16.5. The normalized spacial score (nSPS) is 16.2. The van der Waals surface area contributed by atoms with E-state index in [0.717, 1.165) is 106 Å². The van der Waals surface area contributed by atoms with Gasteiger partial charge >= 0.3 is 29.8 Å². The van der Waals surface area contributed by atoms with Gasteiger partial charge in [-0.3, -0.25) is 35.6 Å². The number of allylic oxidation sites excluding steroid dienone is 5. The second-order valence-corrected chi connectivity index (χ2v) is 30.1. The number of rotatable bonds is 26. The maximum absolute atomic E-state index is 14.5. The number of benzene rings is 5. The summed E-state index contributed by atoms with van der Waals surface area (Å²) in [5, 5.41) is 73.0. The first-order valence-corrected chi connectivity index (χ1v) is 42.7. The smallest absolute Gasteiger partial charge is 0.336 e. The predicted molar refractivity (Wildman–Crippen MR) is 471 cm³/mol. The monoisotopic (exact) mass is 1760 g/mol. The third-order valence-electron chi connectivity index (χ3n) is 21.4. The van der Waals surface area contributed by atoms with E-state index in [-0.39, 0.29) is 66.6 Å². The number of nitro groups is 1. The van der Waals surface area contributed by atoms with Gasteiger partial charge in [0.1, 0.15) is 34.9 Å². The van der Waals surface area contributed by atoms with Gasteiger partial charge in [0.2, 0.25) is 0 Å². The number of aromatic amines is 5. The van der Waals surface area contributed by atoms with Crippen molar-refractivity contribution in [2.45, 2.75) is 170 Å². The lowest BCUT2D eigenvalue weighted by molar-refractivity contribution is -0.385. The quantitative estimate of drug-likeness (QED) is 0.0104. The number of fused-ring (bicyclic) bond motifs is 5. The van der Waals surface area contributed by atoms with Gasteiger partial charge in [-0.15, -0.1) is 0 Å². The van der Waals surface area contributed by atoms with Crippen molar-refractivity contribution in [3.05, 3.63) is 295 Å². The van der Waals surface area contributed by atoms with Crippen LogP contribution in [-0.2, 0) is 47.7 Å². The molecule has 0 fully saturated rings. The van der Waals surface area contributed by atoms with Crippen molar-refractivity contribution in [3.8, 4) is 6.07 Å². The Balaban J connectivity index is 0.000000153. The van der Waals surface area contributed by atoms with Crippen molar-refractivity contribution in [3.63, 3.8) is 0 Å². The number of hydrogen-bond donors (Lipinski definition) is 10. The summed E-state index contributed by atoms with van der Waals surface area (Å²) in [6.07, 6.45) is 15.7. The van der Waals surface area contributed by atoms with Crippen LogP contribution in [0.15, 0.2) is 190 Å². The van der Waals surface area contributed by atoms with E-state index < -0.39 is 46.3 Å². The van der Waals surface area contributed by atoms with E-state index in [2.05, 4.69) is 97.5 Å². The molecule has 0 aliphatic carbocycles. The van der Waals surface area contributed by atoms with Gasteiger partial charge in [0.05, 0.1) is 130 Å². The number of H-pyrrole nitrogens is 5. The van der Waals surface area contributed by atoms with Crippen molar-refractivity contribution in [2.75, 3.05) is 59.6 Å². The average Bonchev–Trinajstić information content (AvgIpc) is 0.863. The Morgan fingerprint density at radius 1 is 0.389 bits per heavy atom. The van der Waals surface area contributed by atoms with Crippen molar-refractivity contribution >= 4 is 87.8 Å². The van der Waals surface area contributed by atoms with Crippen LogP contribution in [0.5, 0.6) is 0 Å². The molecular formula is C92H100Cl2F3N17O12. The van der Waals surface area contributed by atoms with Gasteiger partial charge in [0.15, 0.2) is 11.6 Å². The Morgan fingerprint density at radius 3 is 1.02 bits per heavy atom. The van der Waals surface area contributed by atoms with E-state index in [1.54, 1.807) is 103 Å². The molecule has 5 aromatic carbocycles. The predicted octanol–water partition coefficient (Wildman–Crippen LogP) is 19.7. The van der Waals surface area contributed by atoms with E-state index in [0.29, 0.717) is 134 Å². The fourth-order valence-electron chi connectivity index (χ4n) is 16.1. The number of nitriles is 1. The molecule has 5 aliphatic rings. The molecule has 0 spiro atoms. The van der Waals surface area contributed by atoms with Crippen molar-refractivity contribution in [2.24, 2.45) is 0 Å². The zero-order valence-electron chi connectivity index (χ0n) is 71.6. The zero-order chi connectivity index (χ0) is 90.4. The van der Waals surface area contributed by atoms with E-state index in [1.165, 1.54) is 30.5 Å². The molecule has 10 aromatic rings. The number of carbonyl (C=O) groups excluding carboxylic acids is 5. The highest BCUT2D eigenvalue weighted by Gasteiger charge is 2.43. The zero-order valence-corrected chi connectivity index (χ0v) is 73.1. The molecule has 0 saturated heterocycles. The molecule has 10 heterocycles. The number of halogens is 5. The van der Waals surface area contributed by atoms with Gasteiger partial charge in [-0.25, -0.2) is 37.1 Å². The number of para-hydroxylation sites is 1. The molecule has 660 valence electrons. The van der Waals surface area contributed by atoms with E-state index in [9.17, 15) is 52.5 Å². The first-order chi connectivity index (χ1) is 61.0. The van der Waals surface area contributed by atoms with E-state index in [1.807, 2.05) is 57.2 Å². The first kappa shape index (κ1) is 93.2. The van der Waals surface area contributed by atoms with E-state index in [4.69, 9.17) is 46.9 Å². The van der Waals surface area contributed by atoms with Gasteiger partial charge in [-0.05, 0) is 120 Å². The lowest BCUT2D eigenvalue weighted by atomic mass is 9.80. The molecule has 5 atom stereocenters. The Bertz CT molecular complexity index is 5530. The third-order valence-corrected chi connectivity index (χ3v) is 22.2. The Kier molecular flexibility index (Phi) is 32.3. The highest BCUT2D eigenvalue weighted by molar-refractivity contribution is 6.42. The SMILES string of the molecule is CCCC1=C(C(=O)OCC)C(c2cccc(Cl)c2Cl)c2cn[nH]c2N1.CCCC1=C(C(=O)OCC)C(c2cccc(F)c2C)c2cn[nH]c2N1.CCCC1=C(C(=O)OCC)C(c2cccc(F)c2F)c2cn[nH]c2N1.CCCC1=C(C(=O)OCC)C(c2ccccc2C#N)c2cn[nH]c2N1.CCCC1=C(C(=O)OCC)C(c2ccccc2[N+](=O)[O-])c2cn[nH]c2N1. The van der Waals surface area contributed by atoms with Crippen molar-refractivity contribution < 1.29 is 65.8 Å². The maximum atomic E-state index is 14.5. The van der Waals surface area contributed by atoms with Crippen LogP contribution in [0.4, 0.5) is 47.9 Å².